The molecule has 1 aromatic carbocycles. The van der Waals surface area contributed by atoms with Crippen LogP contribution in [0.3, 0.4) is 0 Å². The highest BCUT2D eigenvalue weighted by Crippen LogP contribution is 2.22. The number of hydrogen-bond donors (Lipinski definition) is 1. The van der Waals surface area contributed by atoms with Gasteiger partial charge in [0.25, 0.3) is 0 Å². The topological polar surface area (TPSA) is 35.2 Å². The second-order valence-corrected chi connectivity index (χ2v) is 3.31. The van der Waals surface area contributed by atoms with Gasteiger partial charge in [-0.3, -0.25) is 0 Å². The van der Waals surface area contributed by atoms with Gasteiger partial charge in [0.2, 0.25) is 0 Å². The molecule has 1 aliphatic heterocycles. The number of ether oxygens (including phenoxy) is 1. The summed E-state index contributed by atoms with van der Waals surface area (Å²) in [5.41, 5.74) is 9.56. The molecule has 0 fully saturated rings. The van der Waals surface area contributed by atoms with Gasteiger partial charge in [-0.05, 0) is 23.6 Å². The molecule has 0 spiro atoms. The summed E-state index contributed by atoms with van der Waals surface area (Å²) in [4.78, 5) is 0. The molecule has 1 aliphatic rings. The summed E-state index contributed by atoms with van der Waals surface area (Å²) >= 11 is 0. The highest BCUT2D eigenvalue weighted by Gasteiger charge is 2.11. The predicted molar refractivity (Wildman–Crippen MR) is 47.5 cm³/mol. The molecule has 1 heterocycles. The van der Waals surface area contributed by atoms with Crippen LogP contribution < -0.4 is 5.73 Å². The van der Waals surface area contributed by atoms with Crippen LogP contribution in [0, 0.1) is 0 Å². The van der Waals surface area contributed by atoms with E-state index < -0.39 is 0 Å². The molecular weight excluding hydrogens is 150 g/mol. The average Bonchev–Trinajstić information content (AvgIpc) is 2.49. The lowest BCUT2D eigenvalue weighted by Gasteiger charge is -2.06. The van der Waals surface area contributed by atoms with E-state index in [4.69, 9.17) is 10.5 Å². The first-order valence-electron chi connectivity index (χ1n) is 4.22. The summed E-state index contributed by atoms with van der Waals surface area (Å²) in [5, 5.41) is 0. The molecule has 1 aromatic rings. The molecule has 0 amide bonds. The van der Waals surface area contributed by atoms with E-state index >= 15 is 0 Å². The largest absolute Gasteiger partial charge is 0.372 e. The standard InChI is InChI=1S/C10H13NO/c1-7(11)8-2-3-9-5-12-6-10(9)4-8/h2-4,7H,5-6,11H2,1H3. The van der Waals surface area contributed by atoms with Crippen molar-refractivity contribution in [2.24, 2.45) is 5.73 Å². The molecule has 0 radical (unpaired) electrons. The van der Waals surface area contributed by atoms with Crippen LogP contribution in [0.4, 0.5) is 0 Å². The van der Waals surface area contributed by atoms with Gasteiger partial charge in [-0.2, -0.15) is 0 Å². The van der Waals surface area contributed by atoms with Gasteiger partial charge in [-0.25, -0.2) is 0 Å². The van der Waals surface area contributed by atoms with Crippen LogP contribution in [-0.4, -0.2) is 0 Å². The van der Waals surface area contributed by atoms with Crippen molar-refractivity contribution in [3.63, 3.8) is 0 Å². The van der Waals surface area contributed by atoms with E-state index in [1.165, 1.54) is 16.7 Å². The lowest BCUT2D eigenvalue weighted by atomic mass is 10.0. The highest BCUT2D eigenvalue weighted by atomic mass is 16.5. The highest BCUT2D eigenvalue weighted by molar-refractivity contribution is 5.34. The predicted octanol–water partition coefficient (Wildman–Crippen LogP) is 1.74. The Labute approximate surface area is 72.3 Å². The quantitative estimate of drug-likeness (QED) is 0.684. The zero-order valence-corrected chi connectivity index (χ0v) is 7.21. The number of fused-ring (bicyclic) bond motifs is 1. The van der Waals surface area contributed by atoms with E-state index in [0.717, 1.165) is 13.2 Å². The van der Waals surface area contributed by atoms with Crippen molar-refractivity contribution in [3.8, 4) is 0 Å². The van der Waals surface area contributed by atoms with Crippen molar-refractivity contribution in [1.82, 2.24) is 0 Å². The maximum absolute atomic E-state index is 5.77. The Morgan fingerprint density at radius 3 is 2.83 bits per heavy atom. The molecule has 2 rings (SSSR count). The van der Waals surface area contributed by atoms with Crippen LogP contribution in [0.2, 0.25) is 0 Å². The number of rotatable bonds is 1. The van der Waals surface area contributed by atoms with Crippen LogP contribution in [0.15, 0.2) is 18.2 Å². The summed E-state index contributed by atoms with van der Waals surface area (Å²) in [6, 6.07) is 6.46. The molecule has 1 atom stereocenters. The molecule has 0 aliphatic carbocycles. The molecule has 2 N–H and O–H groups in total. The molecule has 0 aromatic heterocycles. The summed E-state index contributed by atoms with van der Waals surface area (Å²) in [6.45, 7) is 3.50. The lowest BCUT2D eigenvalue weighted by molar-refractivity contribution is 0.134. The number of hydrogen-bond acceptors (Lipinski definition) is 2. The first-order valence-corrected chi connectivity index (χ1v) is 4.22. The van der Waals surface area contributed by atoms with Crippen LogP contribution in [0.25, 0.3) is 0 Å². The van der Waals surface area contributed by atoms with E-state index in [9.17, 15) is 0 Å². The van der Waals surface area contributed by atoms with E-state index in [0.29, 0.717) is 0 Å². The minimum Gasteiger partial charge on any atom is -0.372 e. The van der Waals surface area contributed by atoms with Crippen LogP contribution in [0.5, 0.6) is 0 Å². The van der Waals surface area contributed by atoms with Crippen LogP contribution in [0.1, 0.15) is 29.7 Å². The summed E-state index contributed by atoms with van der Waals surface area (Å²) in [7, 11) is 0. The van der Waals surface area contributed by atoms with Crippen molar-refractivity contribution in [2.45, 2.75) is 26.2 Å². The van der Waals surface area contributed by atoms with Gasteiger partial charge >= 0.3 is 0 Å². The van der Waals surface area contributed by atoms with Crippen molar-refractivity contribution < 1.29 is 4.74 Å². The number of nitrogens with two attached hydrogens (primary N) is 1. The van der Waals surface area contributed by atoms with Gasteiger partial charge in [0.1, 0.15) is 0 Å². The Balaban J connectivity index is 2.39. The number of benzene rings is 1. The molecule has 0 bridgehead atoms. The summed E-state index contributed by atoms with van der Waals surface area (Å²) in [6.07, 6.45) is 0. The third kappa shape index (κ3) is 1.24. The Kier molecular flexibility index (Phi) is 1.87. The molecule has 2 nitrogen and oxygen atoms in total. The smallest absolute Gasteiger partial charge is 0.0725 e. The fraction of sp³-hybridized carbons (Fsp3) is 0.400. The summed E-state index contributed by atoms with van der Waals surface area (Å²) in [5.74, 6) is 0. The Morgan fingerprint density at radius 1 is 1.33 bits per heavy atom. The molecule has 1 unspecified atom stereocenters. The third-order valence-corrected chi connectivity index (χ3v) is 2.27. The molecule has 12 heavy (non-hydrogen) atoms. The van der Waals surface area contributed by atoms with Gasteiger partial charge < -0.3 is 10.5 Å². The Morgan fingerprint density at radius 2 is 2.08 bits per heavy atom. The van der Waals surface area contributed by atoms with Gasteiger partial charge in [0.05, 0.1) is 13.2 Å². The Bertz CT molecular complexity index is 294. The monoisotopic (exact) mass is 163 g/mol. The molecular formula is C10H13NO. The van der Waals surface area contributed by atoms with E-state index in [-0.39, 0.29) is 6.04 Å². The van der Waals surface area contributed by atoms with E-state index in [1.807, 2.05) is 6.92 Å². The maximum Gasteiger partial charge on any atom is 0.0725 e. The maximum atomic E-state index is 5.77. The van der Waals surface area contributed by atoms with Gasteiger partial charge in [0, 0.05) is 6.04 Å². The molecule has 2 heteroatoms. The van der Waals surface area contributed by atoms with Gasteiger partial charge in [-0.15, -0.1) is 0 Å². The third-order valence-electron chi connectivity index (χ3n) is 2.27. The van der Waals surface area contributed by atoms with Gasteiger partial charge in [0.15, 0.2) is 0 Å². The molecule has 0 saturated heterocycles. The first-order chi connectivity index (χ1) is 5.77. The molecule has 64 valence electrons. The first kappa shape index (κ1) is 7.77. The normalized spacial score (nSPS) is 17.5. The zero-order chi connectivity index (χ0) is 8.55. The average molecular weight is 163 g/mol. The minimum absolute atomic E-state index is 0.121. The SMILES string of the molecule is CC(N)c1ccc2c(c1)COC2. The fourth-order valence-electron chi connectivity index (χ4n) is 1.48. The van der Waals surface area contributed by atoms with Crippen molar-refractivity contribution in [2.75, 3.05) is 0 Å². The Hall–Kier alpha value is -0.860. The van der Waals surface area contributed by atoms with Crippen LogP contribution >= 0.6 is 0 Å². The second kappa shape index (κ2) is 2.88. The van der Waals surface area contributed by atoms with Crippen molar-refractivity contribution >= 4 is 0 Å². The van der Waals surface area contributed by atoms with Crippen molar-refractivity contribution in [3.05, 3.63) is 34.9 Å². The zero-order valence-electron chi connectivity index (χ0n) is 7.21. The lowest BCUT2D eigenvalue weighted by Crippen LogP contribution is -2.05. The minimum atomic E-state index is 0.121. The van der Waals surface area contributed by atoms with E-state index in [2.05, 4.69) is 18.2 Å². The second-order valence-electron chi connectivity index (χ2n) is 3.31. The molecule has 0 saturated carbocycles. The van der Waals surface area contributed by atoms with E-state index in [1.54, 1.807) is 0 Å². The van der Waals surface area contributed by atoms with Gasteiger partial charge in [-0.1, -0.05) is 18.2 Å². The summed E-state index contributed by atoms with van der Waals surface area (Å²) < 4.78 is 5.31. The van der Waals surface area contributed by atoms with Crippen molar-refractivity contribution in [1.29, 1.82) is 0 Å². The van der Waals surface area contributed by atoms with Crippen LogP contribution in [-0.2, 0) is 18.0 Å². The fourth-order valence-corrected chi connectivity index (χ4v) is 1.48.